The average Bonchev–Trinajstić information content (AvgIpc) is 3.03. The lowest BCUT2D eigenvalue weighted by molar-refractivity contribution is -0.116. The molecule has 152 valence electrons. The van der Waals surface area contributed by atoms with Crippen LogP contribution in [0.3, 0.4) is 0 Å². The van der Waals surface area contributed by atoms with Crippen LogP contribution in [0.5, 0.6) is 0 Å². The Bertz CT molecular complexity index is 843. The number of carbonyl (C=O) groups is 2. The lowest BCUT2D eigenvalue weighted by atomic mass is 9.98. The van der Waals surface area contributed by atoms with Crippen molar-refractivity contribution >= 4 is 30.0 Å². The maximum absolute atomic E-state index is 12.4. The summed E-state index contributed by atoms with van der Waals surface area (Å²) >= 11 is 0. The van der Waals surface area contributed by atoms with E-state index >= 15 is 0 Å². The molecule has 0 spiro atoms. The van der Waals surface area contributed by atoms with Crippen molar-refractivity contribution in [2.45, 2.75) is 45.4 Å². The maximum atomic E-state index is 12.4. The van der Waals surface area contributed by atoms with Gasteiger partial charge in [-0.1, -0.05) is 17.7 Å². The van der Waals surface area contributed by atoms with Gasteiger partial charge in [0.1, 0.15) is 0 Å². The first-order valence-corrected chi connectivity index (χ1v) is 9.46. The van der Waals surface area contributed by atoms with Crippen LogP contribution in [-0.4, -0.2) is 39.5 Å². The molecule has 2 heterocycles. The van der Waals surface area contributed by atoms with Gasteiger partial charge in [0, 0.05) is 31.4 Å². The predicted molar refractivity (Wildman–Crippen MR) is 111 cm³/mol. The van der Waals surface area contributed by atoms with Crippen LogP contribution in [0.25, 0.3) is 0 Å². The molecule has 8 heteroatoms. The molecular formula is C20H28ClN5O2. The summed E-state index contributed by atoms with van der Waals surface area (Å²) in [5.74, 6) is 1.31. The number of rotatable bonds is 6. The molecule has 0 radical (unpaired) electrons. The first-order valence-electron chi connectivity index (χ1n) is 9.46. The minimum atomic E-state index is -0.221. The van der Waals surface area contributed by atoms with Crippen LogP contribution in [0.2, 0.25) is 0 Å². The minimum Gasteiger partial charge on any atom is -0.317 e. The van der Waals surface area contributed by atoms with E-state index in [1.54, 1.807) is 11.7 Å². The van der Waals surface area contributed by atoms with Gasteiger partial charge in [0.25, 0.3) is 0 Å². The summed E-state index contributed by atoms with van der Waals surface area (Å²) < 4.78 is 1.60. The van der Waals surface area contributed by atoms with Gasteiger partial charge in [-0.2, -0.15) is 10.1 Å². The Morgan fingerprint density at radius 1 is 1.21 bits per heavy atom. The number of benzene rings is 1. The Morgan fingerprint density at radius 2 is 1.93 bits per heavy atom. The molecule has 0 aliphatic carbocycles. The number of aryl methyl sites for hydroxylation is 3. The molecule has 0 unspecified atom stereocenters. The number of halogens is 1. The lowest BCUT2D eigenvalue weighted by Gasteiger charge is -2.19. The molecule has 28 heavy (non-hydrogen) atoms. The van der Waals surface area contributed by atoms with Crippen molar-refractivity contribution in [2.75, 3.05) is 18.4 Å². The monoisotopic (exact) mass is 405 g/mol. The summed E-state index contributed by atoms with van der Waals surface area (Å²) in [5, 5.41) is 10.6. The van der Waals surface area contributed by atoms with Gasteiger partial charge in [-0.25, -0.2) is 4.68 Å². The zero-order valence-electron chi connectivity index (χ0n) is 16.6. The molecule has 2 aromatic rings. The SMILES string of the molecule is Cc1ccc(C)c(C(=O)CCC(=O)Nc2nc(C3CCNCC3)nn2C)c1.Cl. The second-order valence-electron chi connectivity index (χ2n) is 7.23. The van der Waals surface area contributed by atoms with E-state index in [0.29, 0.717) is 17.4 Å². The first-order chi connectivity index (χ1) is 12.9. The van der Waals surface area contributed by atoms with Crippen molar-refractivity contribution in [2.24, 2.45) is 7.05 Å². The predicted octanol–water partition coefficient (Wildman–Crippen LogP) is 2.92. The maximum Gasteiger partial charge on any atom is 0.227 e. The Balaban J connectivity index is 0.00000280. The molecule has 1 saturated heterocycles. The highest BCUT2D eigenvalue weighted by atomic mass is 35.5. The molecule has 1 aromatic heterocycles. The Hall–Kier alpha value is -2.25. The summed E-state index contributed by atoms with van der Waals surface area (Å²) in [7, 11) is 1.77. The van der Waals surface area contributed by atoms with E-state index < -0.39 is 0 Å². The highest BCUT2D eigenvalue weighted by Crippen LogP contribution is 2.23. The van der Waals surface area contributed by atoms with Crippen molar-refractivity contribution in [3.05, 3.63) is 40.7 Å². The third-order valence-corrected chi connectivity index (χ3v) is 5.01. The number of hydrogen-bond donors (Lipinski definition) is 2. The van der Waals surface area contributed by atoms with Crippen LogP contribution in [0, 0.1) is 13.8 Å². The van der Waals surface area contributed by atoms with Crippen LogP contribution >= 0.6 is 12.4 Å². The number of carbonyl (C=O) groups excluding carboxylic acids is 2. The second-order valence-corrected chi connectivity index (χ2v) is 7.23. The molecule has 1 fully saturated rings. The lowest BCUT2D eigenvalue weighted by Crippen LogP contribution is -2.27. The fourth-order valence-corrected chi connectivity index (χ4v) is 3.35. The number of Topliss-reactive ketones (excluding diaryl/α,β-unsaturated/α-hetero) is 1. The van der Waals surface area contributed by atoms with Crippen LogP contribution < -0.4 is 10.6 Å². The quantitative estimate of drug-likeness (QED) is 0.721. The van der Waals surface area contributed by atoms with Crippen molar-refractivity contribution in [1.82, 2.24) is 20.1 Å². The van der Waals surface area contributed by atoms with Crippen molar-refractivity contribution < 1.29 is 9.59 Å². The first kappa shape index (κ1) is 22.0. The summed E-state index contributed by atoms with van der Waals surface area (Å²) in [6, 6.07) is 5.79. The van der Waals surface area contributed by atoms with E-state index in [1.807, 2.05) is 32.0 Å². The Kier molecular flexibility index (Phi) is 7.71. The van der Waals surface area contributed by atoms with Gasteiger partial charge in [-0.15, -0.1) is 12.4 Å². The molecule has 1 aliphatic heterocycles. The van der Waals surface area contributed by atoms with Gasteiger partial charge in [-0.3, -0.25) is 14.9 Å². The fraction of sp³-hybridized carbons (Fsp3) is 0.500. The van der Waals surface area contributed by atoms with Crippen LogP contribution in [-0.2, 0) is 11.8 Å². The highest BCUT2D eigenvalue weighted by Gasteiger charge is 2.21. The van der Waals surface area contributed by atoms with Crippen molar-refractivity contribution in [3.63, 3.8) is 0 Å². The molecule has 7 nitrogen and oxygen atoms in total. The van der Waals surface area contributed by atoms with E-state index in [9.17, 15) is 9.59 Å². The van der Waals surface area contributed by atoms with E-state index in [2.05, 4.69) is 20.7 Å². The number of nitrogens with zero attached hydrogens (tertiary/aromatic N) is 3. The summed E-state index contributed by atoms with van der Waals surface area (Å²) in [4.78, 5) is 29.2. The molecule has 2 N–H and O–H groups in total. The third kappa shape index (κ3) is 5.39. The molecule has 1 aromatic carbocycles. The normalized spacial score (nSPS) is 14.4. The standard InChI is InChI=1S/C20H27N5O2.ClH/c1-13-4-5-14(2)16(12-13)17(26)6-7-18(27)22-20-23-19(24-25(20)3)15-8-10-21-11-9-15;/h4-5,12,15,21H,6-11H2,1-3H3,(H,22,23,24,27);1H. The van der Waals surface area contributed by atoms with Crippen LogP contribution in [0.15, 0.2) is 18.2 Å². The van der Waals surface area contributed by atoms with Crippen LogP contribution in [0.1, 0.15) is 58.9 Å². The molecular weight excluding hydrogens is 378 g/mol. The molecule has 0 atom stereocenters. The van der Waals surface area contributed by atoms with Gasteiger partial charge in [0.05, 0.1) is 0 Å². The van der Waals surface area contributed by atoms with Gasteiger partial charge < -0.3 is 5.32 Å². The second kappa shape index (κ2) is 9.80. The van der Waals surface area contributed by atoms with E-state index in [1.165, 1.54) is 0 Å². The van der Waals surface area contributed by atoms with Crippen molar-refractivity contribution in [1.29, 1.82) is 0 Å². The Labute approximate surface area is 171 Å². The number of piperidine rings is 1. The number of aromatic nitrogens is 3. The summed E-state index contributed by atoms with van der Waals surface area (Å²) in [5.41, 5.74) is 2.67. The summed E-state index contributed by atoms with van der Waals surface area (Å²) in [6.45, 7) is 5.79. The number of hydrogen-bond acceptors (Lipinski definition) is 5. The Morgan fingerprint density at radius 3 is 2.64 bits per heavy atom. The fourth-order valence-electron chi connectivity index (χ4n) is 3.35. The molecule has 1 amide bonds. The van der Waals surface area contributed by atoms with E-state index in [-0.39, 0.29) is 36.9 Å². The zero-order chi connectivity index (χ0) is 19.4. The van der Waals surface area contributed by atoms with Gasteiger partial charge in [-0.05, 0) is 51.4 Å². The minimum absolute atomic E-state index is 0. The van der Waals surface area contributed by atoms with E-state index in [4.69, 9.17) is 0 Å². The van der Waals surface area contributed by atoms with Gasteiger partial charge in [0.15, 0.2) is 11.6 Å². The van der Waals surface area contributed by atoms with Crippen LogP contribution in [0.4, 0.5) is 5.95 Å². The smallest absolute Gasteiger partial charge is 0.227 e. The number of amides is 1. The molecule has 0 saturated carbocycles. The van der Waals surface area contributed by atoms with Gasteiger partial charge in [0.2, 0.25) is 11.9 Å². The zero-order valence-corrected chi connectivity index (χ0v) is 17.4. The number of nitrogens with one attached hydrogen (secondary N) is 2. The third-order valence-electron chi connectivity index (χ3n) is 5.01. The van der Waals surface area contributed by atoms with Gasteiger partial charge >= 0.3 is 0 Å². The summed E-state index contributed by atoms with van der Waals surface area (Å²) in [6.07, 6.45) is 2.31. The highest BCUT2D eigenvalue weighted by molar-refractivity contribution is 6.00. The largest absolute Gasteiger partial charge is 0.317 e. The van der Waals surface area contributed by atoms with E-state index in [0.717, 1.165) is 42.9 Å². The molecule has 0 bridgehead atoms. The number of ketones is 1. The average molecular weight is 406 g/mol. The topological polar surface area (TPSA) is 88.9 Å². The molecule has 3 rings (SSSR count). The number of anilines is 1. The van der Waals surface area contributed by atoms with Crippen molar-refractivity contribution in [3.8, 4) is 0 Å². The molecule has 1 aliphatic rings.